The zero-order valence-corrected chi connectivity index (χ0v) is 19.4. The van der Waals surface area contributed by atoms with E-state index in [1.54, 1.807) is 38.1 Å². The molecule has 9 heteroatoms. The zero-order chi connectivity index (χ0) is 21.1. The van der Waals surface area contributed by atoms with E-state index >= 15 is 0 Å². The van der Waals surface area contributed by atoms with Crippen LogP contribution in [0.5, 0.6) is 0 Å². The SMILES string of the molecule is CCOC(=O)/C(=C/[C@H](C(=O)OCC)[C@@H](O)c1ccc(Br)cc1)N=C(SC)SC. The van der Waals surface area contributed by atoms with Crippen LogP contribution in [0, 0.1) is 5.92 Å². The van der Waals surface area contributed by atoms with E-state index in [1.165, 1.54) is 29.6 Å². The largest absolute Gasteiger partial charge is 0.465 e. The predicted molar refractivity (Wildman–Crippen MR) is 118 cm³/mol. The van der Waals surface area contributed by atoms with E-state index in [0.29, 0.717) is 9.94 Å². The lowest BCUT2D eigenvalue weighted by Gasteiger charge is -2.19. The monoisotopic (exact) mass is 489 g/mol. The second-order valence-corrected chi connectivity index (χ2v) is 8.10. The van der Waals surface area contributed by atoms with Crippen molar-refractivity contribution >= 4 is 55.8 Å². The molecule has 1 rings (SSSR count). The molecule has 0 aliphatic rings. The van der Waals surface area contributed by atoms with Gasteiger partial charge >= 0.3 is 11.9 Å². The summed E-state index contributed by atoms with van der Waals surface area (Å²) >= 11 is 6.07. The Morgan fingerprint density at radius 2 is 1.71 bits per heavy atom. The lowest BCUT2D eigenvalue weighted by Crippen LogP contribution is -2.24. The summed E-state index contributed by atoms with van der Waals surface area (Å²) in [6.45, 7) is 3.67. The minimum atomic E-state index is -1.21. The van der Waals surface area contributed by atoms with Crippen molar-refractivity contribution in [2.24, 2.45) is 10.9 Å². The highest BCUT2D eigenvalue weighted by molar-refractivity contribution is 9.10. The maximum Gasteiger partial charge on any atom is 0.356 e. The Labute approximate surface area is 182 Å². The number of carbonyl (C=O) groups excluding carboxylic acids is 2. The molecule has 0 saturated heterocycles. The summed E-state index contributed by atoms with van der Waals surface area (Å²) in [5.74, 6) is -2.43. The molecule has 0 heterocycles. The lowest BCUT2D eigenvalue weighted by atomic mass is 9.94. The second kappa shape index (κ2) is 13.0. The molecule has 0 saturated carbocycles. The van der Waals surface area contributed by atoms with Gasteiger partial charge in [0.1, 0.15) is 16.0 Å². The molecule has 0 fully saturated rings. The van der Waals surface area contributed by atoms with Gasteiger partial charge in [-0.15, -0.1) is 23.5 Å². The Hall–Kier alpha value is -1.29. The average molecular weight is 490 g/mol. The van der Waals surface area contributed by atoms with Crippen molar-refractivity contribution in [2.45, 2.75) is 20.0 Å². The van der Waals surface area contributed by atoms with Gasteiger partial charge in [0, 0.05) is 4.47 Å². The molecule has 1 N–H and O–H groups in total. The average Bonchev–Trinajstić information content (AvgIpc) is 2.68. The summed E-state index contributed by atoms with van der Waals surface area (Å²) in [5.41, 5.74) is 0.467. The first-order valence-corrected chi connectivity index (χ1v) is 11.8. The number of benzene rings is 1. The van der Waals surface area contributed by atoms with Crippen LogP contribution in [0.4, 0.5) is 0 Å². The maximum absolute atomic E-state index is 12.5. The number of nitrogens with zero attached hydrogens (tertiary/aromatic N) is 1. The minimum absolute atomic E-state index is 0.0465. The van der Waals surface area contributed by atoms with E-state index < -0.39 is 24.0 Å². The van der Waals surface area contributed by atoms with Gasteiger partial charge in [-0.05, 0) is 50.1 Å². The molecule has 0 aliphatic carbocycles. The second-order valence-electron chi connectivity index (χ2n) is 5.33. The van der Waals surface area contributed by atoms with Gasteiger partial charge < -0.3 is 14.6 Å². The van der Waals surface area contributed by atoms with Crippen molar-refractivity contribution in [1.82, 2.24) is 0 Å². The third-order valence-electron chi connectivity index (χ3n) is 3.49. The molecule has 0 unspecified atom stereocenters. The van der Waals surface area contributed by atoms with Gasteiger partial charge in [-0.25, -0.2) is 9.79 Å². The number of carbonyl (C=O) groups is 2. The fourth-order valence-electron chi connectivity index (χ4n) is 2.19. The summed E-state index contributed by atoms with van der Waals surface area (Å²) in [6.07, 6.45) is 3.77. The van der Waals surface area contributed by atoms with Crippen molar-refractivity contribution in [1.29, 1.82) is 0 Å². The molecular formula is C19H24BrNO5S2. The van der Waals surface area contributed by atoms with Crippen LogP contribution >= 0.6 is 39.5 Å². The first-order chi connectivity index (χ1) is 13.4. The number of aliphatic hydroxyl groups excluding tert-OH is 1. The zero-order valence-electron chi connectivity index (χ0n) is 16.2. The van der Waals surface area contributed by atoms with Crippen LogP contribution < -0.4 is 0 Å². The fourth-order valence-corrected chi connectivity index (χ4v) is 3.50. The molecule has 28 heavy (non-hydrogen) atoms. The number of thioether (sulfide) groups is 2. The molecule has 0 radical (unpaired) electrons. The first-order valence-electron chi connectivity index (χ1n) is 8.53. The number of hydrogen-bond acceptors (Lipinski definition) is 8. The Morgan fingerprint density at radius 3 is 2.21 bits per heavy atom. The number of aliphatic hydroxyl groups is 1. The van der Waals surface area contributed by atoms with Crippen molar-refractivity contribution in [3.8, 4) is 0 Å². The number of halogens is 1. The predicted octanol–water partition coefficient (Wildman–Crippen LogP) is 4.19. The first kappa shape index (κ1) is 24.7. The van der Waals surface area contributed by atoms with Crippen molar-refractivity contribution < 1.29 is 24.2 Å². The minimum Gasteiger partial charge on any atom is -0.465 e. The third-order valence-corrected chi connectivity index (χ3v) is 5.90. The third kappa shape index (κ3) is 7.62. The Balaban J connectivity index is 3.41. The van der Waals surface area contributed by atoms with Crippen molar-refractivity contribution in [3.63, 3.8) is 0 Å². The molecule has 0 aliphatic heterocycles. The Bertz CT molecular complexity index is 716. The highest BCUT2D eigenvalue weighted by Gasteiger charge is 2.30. The van der Waals surface area contributed by atoms with Gasteiger partial charge in [0.15, 0.2) is 0 Å². The Morgan fingerprint density at radius 1 is 1.14 bits per heavy atom. The molecule has 0 amide bonds. The van der Waals surface area contributed by atoms with Crippen molar-refractivity contribution in [3.05, 3.63) is 46.1 Å². The molecule has 2 atom stereocenters. The smallest absolute Gasteiger partial charge is 0.356 e. The fraction of sp³-hybridized carbons (Fsp3) is 0.421. The van der Waals surface area contributed by atoms with E-state index in [-0.39, 0.29) is 18.9 Å². The summed E-state index contributed by atoms with van der Waals surface area (Å²) in [6, 6.07) is 6.90. The molecule has 6 nitrogen and oxygen atoms in total. The van der Waals surface area contributed by atoms with E-state index in [0.717, 1.165) is 4.47 Å². The summed E-state index contributed by atoms with van der Waals surface area (Å²) in [7, 11) is 0. The highest BCUT2D eigenvalue weighted by atomic mass is 79.9. The standard InChI is InChI=1S/C19H24BrNO5S2/c1-5-25-17(23)14(16(22)12-7-9-13(20)10-8-12)11-15(18(24)26-6-2)21-19(27-3)28-4/h7-11,14,16,22H,5-6H2,1-4H3/b15-11-/t14-,16-/m0/s1. The summed E-state index contributed by atoms with van der Waals surface area (Å²) < 4.78 is 11.6. The van der Waals surface area contributed by atoms with Gasteiger partial charge in [0.2, 0.25) is 0 Å². The number of esters is 2. The van der Waals surface area contributed by atoms with Gasteiger partial charge in [-0.1, -0.05) is 28.1 Å². The molecule has 0 spiro atoms. The van der Waals surface area contributed by atoms with Crippen molar-refractivity contribution in [2.75, 3.05) is 25.7 Å². The van der Waals surface area contributed by atoms with E-state index in [2.05, 4.69) is 20.9 Å². The summed E-state index contributed by atoms with van der Waals surface area (Å²) in [5, 5.41) is 10.8. The van der Waals surface area contributed by atoms with Crippen LogP contribution in [-0.2, 0) is 19.1 Å². The summed E-state index contributed by atoms with van der Waals surface area (Å²) in [4.78, 5) is 29.2. The van der Waals surface area contributed by atoms with Gasteiger partial charge in [0.25, 0.3) is 0 Å². The van der Waals surface area contributed by atoms with Gasteiger partial charge in [0.05, 0.1) is 19.3 Å². The number of hydrogen-bond donors (Lipinski definition) is 1. The normalized spacial score (nSPS) is 13.4. The quantitative estimate of drug-likeness (QED) is 0.253. The number of rotatable bonds is 8. The van der Waals surface area contributed by atoms with Crippen LogP contribution in [0.25, 0.3) is 0 Å². The number of ether oxygens (including phenoxy) is 2. The highest BCUT2D eigenvalue weighted by Crippen LogP contribution is 2.28. The molecular weight excluding hydrogens is 466 g/mol. The van der Waals surface area contributed by atoms with E-state index in [9.17, 15) is 14.7 Å². The molecule has 0 aromatic heterocycles. The van der Waals surface area contributed by atoms with Crippen LogP contribution in [0.2, 0.25) is 0 Å². The van der Waals surface area contributed by atoms with E-state index in [4.69, 9.17) is 9.47 Å². The lowest BCUT2D eigenvalue weighted by molar-refractivity contribution is -0.149. The van der Waals surface area contributed by atoms with Crippen LogP contribution in [-0.4, -0.2) is 47.1 Å². The number of aliphatic imine (C=N–C) groups is 1. The molecule has 1 aromatic rings. The molecule has 154 valence electrons. The topological polar surface area (TPSA) is 85.2 Å². The maximum atomic E-state index is 12.5. The molecule has 1 aromatic carbocycles. The van der Waals surface area contributed by atoms with Crippen LogP contribution in [0.3, 0.4) is 0 Å². The Kier molecular flexibility index (Phi) is 11.5. The van der Waals surface area contributed by atoms with Crippen LogP contribution in [0.1, 0.15) is 25.5 Å². The van der Waals surface area contributed by atoms with Gasteiger partial charge in [-0.3, -0.25) is 4.79 Å². The van der Waals surface area contributed by atoms with Gasteiger partial charge in [-0.2, -0.15) is 0 Å². The molecule has 0 bridgehead atoms. The van der Waals surface area contributed by atoms with E-state index in [1.807, 2.05) is 12.5 Å². The van der Waals surface area contributed by atoms with Crippen LogP contribution in [0.15, 0.2) is 45.5 Å².